The number of carbonyl (C=O) groups is 1. The van der Waals surface area contributed by atoms with Gasteiger partial charge in [-0.1, -0.05) is 29.3 Å². The molecule has 94 valence electrons. The molecule has 1 aliphatic rings. The SMILES string of the molecule is CCCCN(CCBr)C(=O)C1COCCO1. The summed E-state index contributed by atoms with van der Waals surface area (Å²) < 4.78 is 10.7. The van der Waals surface area contributed by atoms with Gasteiger partial charge >= 0.3 is 0 Å². The molecule has 1 atom stereocenters. The smallest absolute Gasteiger partial charge is 0.254 e. The predicted molar refractivity (Wildman–Crippen MR) is 65.8 cm³/mol. The zero-order valence-electron chi connectivity index (χ0n) is 9.78. The van der Waals surface area contributed by atoms with Crippen LogP contribution in [0, 0.1) is 0 Å². The Morgan fingerprint density at radius 2 is 2.25 bits per heavy atom. The Morgan fingerprint density at radius 1 is 1.44 bits per heavy atom. The summed E-state index contributed by atoms with van der Waals surface area (Å²) in [5.74, 6) is 0.0626. The van der Waals surface area contributed by atoms with E-state index in [0.717, 1.165) is 31.3 Å². The van der Waals surface area contributed by atoms with E-state index >= 15 is 0 Å². The van der Waals surface area contributed by atoms with Crippen LogP contribution in [-0.2, 0) is 14.3 Å². The van der Waals surface area contributed by atoms with Gasteiger partial charge in [0.25, 0.3) is 5.91 Å². The van der Waals surface area contributed by atoms with E-state index in [4.69, 9.17) is 9.47 Å². The van der Waals surface area contributed by atoms with Gasteiger partial charge in [-0.2, -0.15) is 0 Å². The first-order valence-electron chi connectivity index (χ1n) is 5.83. The third-order valence-corrected chi connectivity index (χ3v) is 2.89. The van der Waals surface area contributed by atoms with Crippen molar-refractivity contribution in [2.24, 2.45) is 0 Å². The van der Waals surface area contributed by atoms with Gasteiger partial charge in [-0.15, -0.1) is 0 Å². The molecule has 1 amide bonds. The third-order valence-electron chi connectivity index (χ3n) is 2.54. The molecule has 0 bridgehead atoms. The summed E-state index contributed by atoms with van der Waals surface area (Å²) in [7, 11) is 0. The van der Waals surface area contributed by atoms with E-state index in [-0.39, 0.29) is 5.91 Å². The highest BCUT2D eigenvalue weighted by atomic mass is 79.9. The maximum absolute atomic E-state index is 12.1. The maximum Gasteiger partial charge on any atom is 0.254 e. The molecule has 0 saturated carbocycles. The number of ether oxygens (including phenoxy) is 2. The number of rotatable bonds is 6. The van der Waals surface area contributed by atoms with Gasteiger partial charge < -0.3 is 14.4 Å². The number of hydrogen-bond donors (Lipinski definition) is 0. The van der Waals surface area contributed by atoms with Crippen LogP contribution in [0.2, 0.25) is 0 Å². The molecule has 0 aliphatic carbocycles. The summed E-state index contributed by atoms with van der Waals surface area (Å²) >= 11 is 3.37. The molecular formula is C11H20BrNO3. The molecule has 0 aromatic carbocycles. The van der Waals surface area contributed by atoms with Crippen molar-refractivity contribution in [1.82, 2.24) is 4.90 Å². The second kappa shape index (κ2) is 8.03. The molecule has 0 spiro atoms. The van der Waals surface area contributed by atoms with Crippen molar-refractivity contribution in [1.29, 1.82) is 0 Å². The molecule has 16 heavy (non-hydrogen) atoms. The third kappa shape index (κ3) is 4.39. The van der Waals surface area contributed by atoms with Crippen LogP contribution in [0.4, 0.5) is 0 Å². The lowest BCUT2D eigenvalue weighted by atomic mass is 10.2. The highest BCUT2D eigenvalue weighted by molar-refractivity contribution is 9.09. The summed E-state index contributed by atoms with van der Waals surface area (Å²) in [6, 6.07) is 0. The Kier molecular flexibility index (Phi) is 7.00. The van der Waals surface area contributed by atoms with Gasteiger partial charge in [0.05, 0.1) is 19.8 Å². The van der Waals surface area contributed by atoms with Gasteiger partial charge in [0.15, 0.2) is 6.10 Å². The summed E-state index contributed by atoms with van der Waals surface area (Å²) in [5, 5.41) is 0.802. The predicted octanol–water partition coefficient (Wildman–Crippen LogP) is 1.43. The van der Waals surface area contributed by atoms with Gasteiger partial charge in [0.2, 0.25) is 0 Å². The molecule has 5 heteroatoms. The second-order valence-corrected chi connectivity index (χ2v) is 4.60. The minimum atomic E-state index is -0.398. The minimum Gasteiger partial charge on any atom is -0.376 e. The van der Waals surface area contributed by atoms with Gasteiger partial charge in [-0.3, -0.25) is 4.79 Å². The van der Waals surface area contributed by atoms with Crippen LogP contribution < -0.4 is 0 Å². The van der Waals surface area contributed by atoms with E-state index in [1.807, 2.05) is 4.90 Å². The van der Waals surface area contributed by atoms with Gasteiger partial charge in [0, 0.05) is 18.4 Å². The van der Waals surface area contributed by atoms with Crippen molar-refractivity contribution in [2.75, 3.05) is 38.2 Å². The van der Waals surface area contributed by atoms with E-state index in [2.05, 4.69) is 22.9 Å². The lowest BCUT2D eigenvalue weighted by Crippen LogP contribution is -2.46. The Labute approximate surface area is 105 Å². The number of amides is 1. The summed E-state index contributed by atoms with van der Waals surface area (Å²) in [4.78, 5) is 14.0. The normalized spacial score (nSPS) is 20.8. The summed E-state index contributed by atoms with van der Waals surface area (Å²) in [5.41, 5.74) is 0. The van der Waals surface area contributed by atoms with Crippen LogP contribution in [0.5, 0.6) is 0 Å². The zero-order valence-corrected chi connectivity index (χ0v) is 11.4. The first kappa shape index (κ1) is 13.9. The molecule has 1 heterocycles. The van der Waals surface area contributed by atoms with Crippen LogP contribution >= 0.6 is 15.9 Å². The van der Waals surface area contributed by atoms with Gasteiger partial charge in [-0.05, 0) is 6.42 Å². The summed E-state index contributed by atoms with van der Waals surface area (Å²) in [6.07, 6.45) is 1.73. The number of unbranched alkanes of at least 4 members (excludes halogenated alkanes) is 1. The van der Waals surface area contributed by atoms with Gasteiger partial charge in [0.1, 0.15) is 0 Å². The largest absolute Gasteiger partial charge is 0.376 e. The van der Waals surface area contributed by atoms with Crippen LogP contribution in [0.3, 0.4) is 0 Å². The van der Waals surface area contributed by atoms with E-state index < -0.39 is 6.10 Å². The molecule has 0 radical (unpaired) electrons. The number of carbonyl (C=O) groups excluding carboxylic acids is 1. The van der Waals surface area contributed by atoms with Crippen molar-refractivity contribution in [3.05, 3.63) is 0 Å². The molecule has 1 fully saturated rings. The monoisotopic (exact) mass is 293 g/mol. The molecule has 1 aliphatic heterocycles. The zero-order chi connectivity index (χ0) is 11.8. The molecule has 1 rings (SSSR count). The Bertz CT molecular complexity index is 207. The lowest BCUT2D eigenvalue weighted by Gasteiger charge is -2.29. The minimum absolute atomic E-state index is 0.0626. The molecule has 0 aromatic heterocycles. The summed E-state index contributed by atoms with van der Waals surface area (Å²) in [6.45, 7) is 5.17. The van der Waals surface area contributed by atoms with Gasteiger partial charge in [-0.25, -0.2) is 0 Å². The average Bonchev–Trinajstić information content (AvgIpc) is 2.35. The molecule has 4 nitrogen and oxygen atoms in total. The quantitative estimate of drug-likeness (QED) is 0.696. The van der Waals surface area contributed by atoms with Crippen molar-refractivity contribution in [3.63, 3.8) is 0 Å². The van der Waals surface area contributed by atoms with Crippen molar-refractivity contribution in [3.8, 4) is 0 Å². The maximum atomic E-state index is 12.1. The number of nitrogens with zero attached hydrogens (tertiary/aromatic N) is 1. The first-order chi connectivity index (χ1) is 7.79. The Morgan fingerprint density at radius 3 is 2.81 bits per heavy atom. The van der Waals surface area contributed by atoms with E-state index in [9.17, 15) is 4.79 Å². The Balaban J connectivity index is 2.44. The molecule has 1 unspecified atom stereocenters. The lowest BCUT2D eigenvalue weighted by molar-refractivity contribution is -0.157. The van der Waals surface area contributed by atoms with Crippen LogP contribution in [0.15, 0.2) is 0 Å². The van der Waals surface area contributed by atoms with Crippen LogP contribution in [-0.4, -0.2) is 55.2 Å². The second-order valence-electron chi connectivity index (χ2n) is 3.80. The molecular weight excluding hydrogens is 274 g/mol. The average molecular weight is 294 g/mol. The van der Waals surface area contributed by atoms with Crippen LogP contribution in [0.1, 0.15) is 19.8 Å². The molecule has 0 N–H and O–H groups in total. The highest BCUT2D eigenvalue weighted by Crippen LogP contribution is 2.07. The molecule has 1 saturated heterocycles. The van der Waals surface area contributed by atoms with E-state index in [1.165, 1.54) is 0 Å². The fourth-order valence-electron chi connectivity index (χ4n) is 1.62. The standard InChI is InChI=1S/C11H20BrNO3/c1-2-3-5-13(6-4-12)11(14)10-9-15-7-8-16-10/h10H,2-9H2,1H3. The fourth-order valence-corrected chi connectivity index (χ4v) is 2.05. The van der Waals surface area contributed by atoms with Crippen LogP contribution in [0.25, 0.3) is 0 Å². The number of hydrogen-bond acceptors (Lipinski definition) is 3. The number of halogens is 1. The first-order valence-corrected chi connectivity index (χ1v) is 6.95. The van der Waals surface area contributed by atoms with E-state index in [1.54, 1.807) is 0 Å². The highest BCUT2D eigenvalue weighted by Gasteiger charge is 2.26. The molecule has 0 aromatic rings. The van der Waals surface area contributed by atoms with Crippen molar-refractivity contribution in [2.45, 2.75) is 25.9 Å². The van der Waals surface area contributed by atoms with Crippen molar-refractivity contribution < 1.29 is 14.3 Å². The van der Waals surface area contributed by atoms with Crippen molar-refractivity contribution >= 4 is 21.8 Å². The topological polar surface area (TPSA) is 38.8 Å². The fraction of sp³-hybridized carbons (Fsp3) is 0.909. The number of alkyl halides is 1. The Hall–Kier alpha value is -0.130. The van der Waals surface area contributed by atoms with E-state index in [0.29, 0.717) is 19.8 Å².